The normalized spacial score (nSPS) is 13.0. The van der Waals surface area contributed by atoms with Gasteiger partial charge in [0.15, 0.2) is 0 Å². The van der Waals surface area contributed by atoms with Crippen LogP contribution in [0.2, 0.25) is 0 Å². The molecule has 0 aliphatic rings. The fourth-order valence-electron chi connectivity index (χ4n) is 3.86. The number of amidine groups is 1. The van der Waals surface area contributed by atoms with Crippen LogP contribution >= 0.6 is 0 Å². The molecule has 1 atom stereocenters. The average Bonchev–Trinajstić information content (AvgIpc) is 2.72. The molecule has 0 saturated carbocycles. The molecule has 5 nitrogen and oxygen atoms in total. The van der Waals surface area contributed by atoms with E-state index in [9.17, 15) is 8.42 Å². The van der Waals surface area contributed by atoms with Crippen LogP contribution in [0.15, 0.2) is 53.4 Å². The van der Waals surface area contributed by atoms with Crippen LogP contribution in [-0.4, -0.2) is 20.3 Å². The second kappa shape index (κ2) is 10.7. The summed E-state index contributed by atoms with van der Waals surface area (Å²) in [5, 5.41) is 7.68. The molecule has 2 aromatic carbocycles. The molecule has 0 aliphatic heterocycles. The smallest absolute Gasteiger partial charge is 0.241 e. The van der Waals surface area contributed by atoms with Crippen molar-refractivity contribution in [2.24, 2.45) is 5.73 Å². The van der Waals surface area contributed by atoms with E-state index < -0.39 is 16.1 Å². The molecule has 6 heteroatoms. The highest BCUT2D eigenvalue weighted by Crippen LogP contribution is 2.35. The lowest BCUT2D eigenvalue weighted by atomic mass is 9.89. The van der Waals surface area contributed by atoms with E-state index in [0.717, 1.165) is 27.8 Å². The Kier molecular flexibility index (Phi) is 8.66. The van der Waals surface area contributed by atoms with Crippen LogP contribution in [0.25, 0.3) is 0 Å². The standard InChI is InChI=1S/C27H39N3O2S/c1-16(2)22-14-23(17(3)4)26(24(15-22)18(5)6)33(31,32)30-25(19(7)8)13-20-10-9-11-21(12-20)27(28)29/h9-12,14-18,25,30H,7,13H2,1-6,8H3,(H3,28,29). The van der Waals surface area contributed by atoms with E-state index in [4.69, 9.17) is 11.1 Å². The Morgan fingerprint density at radius 3 is 1.97 bits per heavy atom. The van der Waals surface area contributed by atoms with Gasteiger partial charge in [-0.15, -0.1) is 0 Å². The summed E-state index contributed by atoms with van der Waals surface area (Å²) in [5.74, 6) is 0.408. The van der Waals surface area contributed by atoms with E-state index in [-0.39, 0.29) is 17.7 Å². The summed E-state index contributed by atoms with van der Waals surface area (Å²) in [6.45, 7) is 18.3. The first-order chi connectivity index (χ1) is 15.2. The molecule has 4 N–H and O–H groups in total. The van der Waals surface area contributed by atoms with Crippen LogP contribution in [0.4, 0.5) is 0 Å². The van der Waals surface area contributed by atoms with Crippen molar-refractivity contribution in [2.75, 3.05) is 0 Å². The number of nitrogen functional groups attached to an aromatic ring is 1. The molecule has 0 spiro atoms. The Bertz CT molecular complexity index is 1100. The van der Waals surface area contributed by atoms with E-state index in [2.05, 4.69) is 25.1 Å². The van der Waals surface area contributed by atoms with Gasteiger partial charge in [0, 0.05) is 11.6 Å². The molecular formula is C27H39N3O2S. The molecule has 33 heavy (non-hydrogen) atoms. The van der Waals surface area contributed by atoms with Gasteiger partial charge in [0.25, 0.3) is 0 Å². The Hall–Kier alpha value is -2.44. The summed E-state index contributed by atoms with van der Waals surface area (Å²) >= 11 is 0. The molecule has 0 bridgehead atoms. The van der Waals surface area contributed by atoms with Crippen molar-refractivity contribution in [1.82, 2.24) is 4.72 Å². The van der Waals surface area contributed by atoms with Crippen LogP contribution in [0, 0.1) is 5.41 Å². The van der Waals surface area contributed by atoms with Crippen molar-refractivity contribution >= 4 is 15.9 Å². The van der Waals surface area contributed by atoms with Gasteiger partial charge < -0.3 is 5.73 Å². The fourth-order valence-corrected chi connectivity index (χ4v) is 5.85. The van der Waals surface area contributed by atoms with Crippen LogP contribution in [0.1, 0.15) is 94.0 Å². The highest BCUT2D eigenvalue weighted by atomic mass is 32.2. The second-order valence-corrected chi connectivity index (χ2v) is 11.5. The Morgan fingerprint density at radius 1 is 1.00 bits per heavy atom. The lowest BCUT2D eigenvalue weighted by Crippen LogP contribution is -2.38. The van der Waals surface area contributed by atoms with Gasteiger partial charge in [0.05, 0.1) is 4.90 Å². The van der Waals surface area contributed by atoms with E-state index in [1.165, 1.54) is 0 Å². The largest absolute Gasteiger partial charge is 0.384 e. The number of hydrogen-bond donors (Lipinski definition) is 3. The molecule has 0 aromatic heterocycles. The number of sulfonamides is 1. The predicted molar refractivity (Wildman–Crippen MR) is 139 cm³/mol. The van der Waals surface area contributed by atoms with Crippen LogP contribution < -0.4 is 10.5 Å². The third kappa shape index (κ3) is 6.55. The lowest BCUT2D eigenvalue weighted by Gasteiger charge is -2.25. The molecule has 0 saturated heterocycles. The highest BCUT2D eigenvalue weighted by molar-refractivity contribution is 7.89. The van der Waals surface area contributed by atoms with Crippen molar-refractivity contribution in [3.05, 3.63) is 76.4 Å². The number of benzene rings is 2. The summed E-state index contributed by atoms with van der Waals surface area (Å²) in [7, 11) is -3.82. The van der Waals surface area contributed by atoms with E-state index >= 15 is 0 Å². The number of nitrogens with one attached hydrogen (secondary N) is 2. The highest BCUT2D eigenvalue weighted by Gasteiger charge is 2.29. The molecule has 180 valence electrons. The first-order valence-corrected chi connectivity index (χ1v) is 13.0. The van der Waals surface area contributed by atoms with Gasteiger partial charge in [-0.25, -0.2) is 13.1 Å². The SMILES string of the molecule is C=C(C)C(Cc1cccc(C(=N)N)c1)NS(=O)(=O)c1c(C(C)C)cc(C(C)C)cc1C(C)C. The van der Waals surface area contributed by atoms with Crippen LogP contribution in [0.5, 0.6) is 0 Å². The monoisotopic (exact) mass is 469 g/mol. The zero-order valence-corrected chi connectivity index (χ0v) is 21.8. The maximum atomic E-state index is 13.8. The van der Waals surface area contributed by atoms with Gasteiger partial charge in [0.1, 0.15) is 5.84 Å². The van der Waals surface area contributed by atoms with Crippen LogP contribution in [0.3, 0.4) is 0 Å². The van der Waals surface area contributed by atoms with Gasteiger partial charge in [-0.2, -0.15) is 0 Å². The van der Waals surface area contributed by atoms with Crippen molar-refractivity contribution in [1.29, 1.82) is 5.41 Å². The molecule has 0 aliphatic carbocycles. The third-order valence-corrected chi connectivity index (χ3v) is 7.52. The summed E-state index contributed by atoms with van der Waals surface area (Å²) < 4.78 is 30.6. The lowest BCUT2D eigenvalue weighted by molar-refractivity contribution is 0.560. The van der Waals surface area contributed by atoms with Crippen molar-refractivity contribution in [3.8, 4) is 0 Å². The Labute approximate surface area is 200 Å². The summed E-state index contributed by atoms with van der Waals surface area (Å²) in [5.41, 5.74) is 10.7. The zero-order valence-electron chi connectivity index (χ0n) is 21.0. The number of nitrogens with two attached hydrogens (primary N) is 1. The Balaban J connectivity index is 2.56. The molecule has 0 heterocycles. The minimum absolute atomic E-state index is 0.0160. The quantitative estimate of drug-likeness (QED) is 0.233. The molecule has 0 fully saturated rings. The molecule has 2 aromatic rings. The van der Waals surface area contributed by atoms with Gasteiger partial charge in [-0.05, 0) is 59.4 Å². The minimum atomic E-state index is -3.82. The fraction of sp³-hybridized carbons (Fsp3) is 0.444. The molecule has 0 amide bonds. The maximum absolute atomic E-state index is 13.8. The molecule has 2 rings (SSSR count). The van der Waals surface area contributed by atoms with E-state index in [1.807, 2.05) is 65.0 Å². The van der Waals surface area contributed by atoms with Gasteiger partial charge in [0.2, 0.25) is 10.0 Å². The average molecular weight is 470 g/mol. The molecular weight excluding hydrogens is 430 g/mol. The topological polar surface area (TPSA) is 96.0 Å². The van der Waals surface area contributed by atoms with E-state index in [0.29, 0.717) is 22.8 Å². The second-order valence-electron chi connectivity index (χ2n) is 9.83. The predicted octanol–water partition coefficient (Wildman–Crippen LogP) is 5.81. The first kappa shape index (κ1) is 26.8. The maximum Gasteiger partial charge on any atom is 0.241 e. The van der Waals surface area contributed by atoms with E-state index in [1.54, 1.807) is 6.07 Å². The minimum Gasteiger partial charge on any atom is -0.384 e. The van der Waals surface area contributed by atoms with Gasteiger partial charge in [-0.3, -0.25) is 5.41 Å². The number of hydrogen-bond acceptors (Lipinski definition) is 3. The van der Waals surface area contributed by atoms with Gasteiger partial charge >= 0.3 is 0 Å². The summed E-state index contributed by atoms with van der Waals surface area (Å²) in [6.07, 6.45) is 0.424. The first-order valence-electron chi connectivity index (χ1n) is 11.5. The van der Waals surface area contributed by atoms with Crippen molar-refractivity contribution in [3.63, 3.8) is 0 Å². The van der Waals surface area contributed by atoms with Gasteiger partial charge in [-0.1, -0.05) is 84.0 Å². The third-order valence-electron chi connectivity index (χ3n) is 5.92. The molecule has 0 radical (unpaired) electrons. The van der Waals surface area contributed by atoms with Crippen molar-refractivity contribution < 1.29 is 8.42 Å². The van der Waals surface area contributed by atoms with Crippen molar-refractivity contribution in [2.45, 2.75) is 83.6 Å². The number of rotatable bonds is 10. The molecule has 1 unspecified atom stereocenters. The Morgan fingerprint density at radius 2 is 1.55 bits per heavy atom. The zero-order chi connectivity index (χ0) is 25.1. The summed E-state index contributed by atoms with van der Waals surface area (Å²) in [6, 6.07) is 10.9. The summed E-state index contributed by atoms with van der Waals surface area (Å²) in [4.78, 5) is 0.389. The van der Waals surface area contributed by atoms with Crippen LogP contribution in [-0.2, 0) is 16.4 Å².